The Morgan fingerprint density at radius 1 is 1.00 bits per heavy atom. The highest BCUT2D eigenvalue weighted by Gasteiger charge is 2.12. The summed E-state index contributed by atoms with van der Waals surface area (Å²) in [4.78, 5) is 4.29. The Bertz CT molecular complexity index is 794. The monoisotopic (exact) mass is 511 g/mol. The van der Waals surface area contributed by atoms with Gasteiger partial charge in [-0.25, -0.2) is 0 Å². The number of guanidine groups is 1. The lowest BCUT2D eigenvalue weighted by Gasteiger charge is -2.13. The molecule has 6 nitrogen and oxygen atoms in total. The number of fused-ring (bicyclic) bond motifs is 1. The first-order valence-electron chi connectivity index (χ1n) is 9.66. The van der Waals surface area contributed by atoms with E-state index >= 15 is 0 Å². The van der Waals surface area contributed by atoms with Gasteiger partial charge in [-0.15, -0.1) is 24.0 Å². The number of hydrogen-bond acceptors (Lipinski definition) is 4. The summed E-state index contributed by atoms with van der Waals surface area (Å²) in [5.74, 6) is 2.42. The first-order chi connectivity index (χ1) is 13.6. The zero-order chi connectivity index (χ0) is 19.8. The van der Waals surface area contributed by atoms with Gasteiger partial charge < -0.3 is 24.8 Å². The van der Waals surface area contributed by atoms with Crippen LogP contribution in [0.4, 0.5) is 0 Å². The number of rotatable bonds is 8. The van der Waals surface area contributed by atoms with Crippen LogP contribution in [0.1, 0.15) is 30.5 Å². The smallest absolute Gasteiger partial charge is 0.231 e. The number of nitrogens with one attached hydrogen (secondary N) is 2. The zero-order valence-corrected chi connectivity index (χ0v) is 19.6. The summed E-state index contributed by atoms with van der Waals surface area (Å²) in [5, 5.41) is 6.69. The van der Waals surface area contributed by atoms with Crippen LogP contribution in [0.2, 0.25) is 0 Å². The molecule has 1 heterocycles. The fourth-order valence-corrected chi connectivity index (χ4v) is 2.84. The Balaban J connectivity index is 0.00000300. The van der Waals surface area contributed by atoms with Crippen LogP contribution in [0.15, 0.2) is 47.5 Å². The van der Waals surface area contributed by atoms with Gasteiger partial charge >= 0.3 is 0 Å². The van der Waals surface area contributed by atoms with Crippen LogP contribution in [0.5, 0.6) is 11.5 Å². The maximum absolute atomic E-state index is 5.63. The summed E-state index contributed by atoms with van der Waals surface area (Å²) in [6.07, 6.45) is 1.12. The van der Waals surface area contributed by atoms with Crippen molar-refractivity contribution in [3.8, 4) is 11.5 Å². The predicted molar refractivity (Wildman–Crippen MR) is 126 cm³/mol. The van der Waals surface area contributed by atoms with Gasteiger partial charge in [0.2, 0.25) is 6.79 Å². The highest BCUT2D eigenvalue weighted by Crippen LogP contribution is 2.32. The summed E-state index contributed by atoms with van der Waals surface area (Å²) in [5.41, 5.74) is 3.59. The number of benzene rings is 2. The highest BCUT2D eigenvalue weighted by atomic mass is 127. The summed E-state index contributed by atoms with van der Waals surface area (Å²) in [6.45, 7) is 6.54. The van der Waals surface area contributed by atoms with Crippen LogP contribution in [0.3, 0.4) is 0 Å². The average Bonchev–Trinajstić information content (AvgIpc) is 3.17. The molecule has 29 heavy (non-hydrogen) atoms. The van der Waals surface area contributed by atoms with E-state index in [4.69, 9.17) is 14.2 Å². The molecule has 2 aromatic carbocycles. The first kappa shape index (κ1) is 23.3. The first-order valence-corrected chi connectivity index (χ1v) is 9.66. The summed E-state index contributed by atoms with van der Waals surface area (Å²) >= 11 is 0. The Kier molecular flexibility index (Phi) is 9.53. The van der Waals surface area contributed by atoms with Crippen LogP contribution in [-0.2, 0) is 24.3 Å². The third-order valence-electron chi connectivity index (χ3n) is 4.43. The third kappa shape index (κ3) is 7.40. The summed E-state index contributed by atoms with van der Waals surface area (Å²) < 4.78 is 16.4. The topological polar surface area (TPSA) is 64.1 Å². The van der Waals surface area contributed by atoms with Gasteiger partial charge in [-0.2, -0.15) is 0 Å². The minimum Gasteiger partial charge on any atom is -0.454 e. The number of hydrogen-bond donors (Lipinski definition) is 2. The van der Waals surface area contributed by atoms with Crippen molar-refractivity contribution in [2.45, 2.75) is 39.5 Å². The summed E-state index contributed by atoms with van der Waals surface area (Å²) in [7, 11) is 1.78. The minimum absolute atomic E-state index is 0. The van der Waals surface area contributed by atoms with Gasteiger partial charge in [0, 0.05) is 20.1 Å². The molecule has 0 aliphatic carbocycles. The lowest BCUT2D eigenvalue weighted by Crippen LogP contribution is -2.37. The third-order valence-corrected chi connectivity index (χ3v) is 4.43. The van der Waals surface area contributed by atoms with Gasteiger partial charge in [-0.3, -0.25) is 4.99 Å². The molecular formula is C22H30IN3O3. The number of aliphatic imine (C=N–C) groups is 1. The minimum atomic E-state index is 0. The van der Waals surface area contributed by atoms with Crippen molar-refractivity contribution in [3.05, 3.63) is 59.2 Å². The zero-order valence-electron chi connectivity index (χ0n) is 17.2. The molecule has 0 unspecified atom stereocenters. The number of nitrogens with zero attached hydrogens (tertiary/aromatic N) is 1. The maximum atomic E-state index is 5.63. The molecule has 7 heteroatoms. The van der Waals surface area contributed by atoms with E-state index in [1.165, 1.54) is 16.7 Å². The largest absolute Gasteiger partial charge is 0.454 e. The molecule has 0 aromatic heterocycles. The predicted octanol–water partition coefficient (Wildman–Crippen LogP) is 3.87. The Labute approximate surface area is 190 Å². The lowest BCUT2D eigenvalue weighted by molar-refractivity contribution is 0.0657. The van der Waals surface area contributed by atoms with Crippen molar-refractivity contribution in [1.29, 1.82) is 0 Å². The molecule has 0 bridgehead atoms. The van der Waals surface area contributed by atoms with Crippen molar-refractivity contribution < 1.29 is 14.2 Å². The lowest BCUT2D eigenvalue weighted by atomic mass is 10.1. The molecule has 0 amide bonds. The van der Waals surface area contributed by atoms with Crippen molar-refractivity contribution in [2.75, 3.05) is 20.4 Å². The van der Waals surface area contributed by atoms with Crippen LogP contribution in [0.25, 0.3) is 0 Å². The average molecular weight is 511 g/mol. The second-order valence-corrected chi connectivity index (χ2v) is 6.97. The van der Waals surface area contributed by atoms with Gasteiger partial charge in [0.1, 0.15) is 0 Å². The van der Waals surface area contributed by atoms with Crippen LogP contribution in [-0.4, -0.2) is 32.4 Å². The molecule has 2 aromatic rings. The van der Waals surface area contributed by atoms with Gasteiger partial charge in [0.05, 0.1) is 12.7 Å². The Morgan fingerprint density at radius 2 is 1.69 bits per heavy atom. The normalized spacial score (nSPS) is 12.6. The quantitative estimate of drug-likeness (QED) is 0.320. The van der Waals surface area contributed by atoms with E-state index in [9.17, 15) is 0 Å². The molecule has 0 radical (unpaired) electrons. The molecule has 3 rings (SSSR count). The molecule has 0 saturated carbocycles. The SMILES string of the molecule is CN=C(NCCc1ccc2c(c1)OCO2)NCc1ccc(COC(C)C)cc1.I. The number of halogens is 1. The highest BCUT2D eigenvalue weighted by molar-refractivity contribution is 14.0. The van der Waals surface area contributed by atoms with Crippen LogP contribution in [0, 0.1) is 0 Å². The molecule has 0 saturated heterocycles. The maximum Gasteiger partial charge on any atom is 0.231 e. The molecule has 0 atom stereocenters. The van der Waals surface area contributed by atoms with E-state index < -0.39 is 0 Å². The fraction of sp³-hybridized carbons (Fsp3) is 0.409. The van der Waals surface area contributed by atoms with Crippen molar-refractivity contribution >= 4 is 29.9 Å². The van der Waals surface area contributed by atoms with Gasteiger partial charge in [-0.05, 0) is 49.1 Å². The molecule has 0 fully saturated rings. The van der Waals surface area contributed by atoms with Crippen LogP contribution >= 0.6 is 24.0 Å². The molecule has 2 N–H and O–H groups in total. The van der Waals surface area contributed by atoms with E-state index in [1.807, 2.05) is 26.0 Å². The molecular weight excluding hydrogens is 481 g/mol. The Morgan fingerprint density at radius 3 is 2.41 bits per heavy atom. The summed E-state index contributed by atoms with van der Waals surface area (Å²) in [6, 6.07) is 14.5. The van der Waals surface area contributed by atoms with Crippen molar-refractivity contribution in [2.24, 2.45) is 4.99 Å². The van der Waals surface area contributed by atoms with E-state index in [0.717, 1.165) is 37.0 Å². The van der Waals surface area contributed by atoms with Crippen molar-refractivity contribution in [1.82, 2.24) is 10.6 Å². The van der Waals surface area contributed by atoms with E-state index in [0.29, 0.717) is 13.4 Å². The van der Waals surface area contributed by atoms with Crippen LogP contribution < -0.4 is 20.1 Å². The molecule has 158 valence electrons. The molecule has 0 spiro atoms. The standard InChI is InChI=1S/C22H29N3O3.HI/c1-16(2)26-14-19-6-4-18(5-7-19)13-25-22(23-3)24-11-10-17-8-9-20-21(12-17)28-15-27-20;/h4-9,12,16H,10-11,13-15H2,1-3H3,(H2,23,24,25);1H. The molecule has 1 aliphatic rings. The van der Waals surface area contributed by atoms with E-state index in [-0.39, 0.29) is 30.1 Å². The van der Waals surface area contributed by atoms with Crippen molar-refractivity contribution in [3.63, 3.8) is 0 Å². The van der Waals surface area contributed by atoms with Gasteiger partial charge in [0.25, 0.3) is 0 Å². The van der Waals surface area contributed by atoms with E-state index in [1.54, 1.807) is 7.05 Å². The second kappa shape index (κ2) is 11.9. The van der Waals surface area contributed by atoms with E-state index in [2.05, 4.69) is 46.0 Å². The number of ether oxygens (including phenoxy) is 3. The van der Waals surface area contributed by atoms with Gasteiger partial charge in [0.15, 0.2) is 17.5 Å². The van der Waals surface area contributed by atoms with Gasteiger partial charge in [-0.1, -0.05) is 30.3 Å². The fourth-order valence-electron chi connectivity index (χ4n) is 2.84. The molecule has 1 aliphatic heterocycles. The Hall–Kier alpha value is -2.00. The second-order valence-electron chi connectivity index (χ2n) is 6.97.